The van der Waals surface area contributed by atoms with Gasteiger partial charge >= 0.3 is 0 Å². The summed E-state index contributed by atoms with van der Waals surface area (Å²) in [5.41, 5.74) is 11.3. The molecule has 1 unspecified atom stereocenters. The van der Waals surface area contributed by atoms with Crippen LogP contribution in [0.5, 0.6) is 0 Å². The molecule has 116 valence electrons. The molecular weight excluding hydrogens is 288 g/mol. The predicted octanol–water partition coefficient (Wildman–Crippen LogP) is 4.31. The first kappa shape index (κ1) is 15.1. The molecule has 1 aliphatic carbocycles. The summed E-state index contributed by atoms with van der Waals surface area (Å²) in [6, 6.07) is 17.8. The molecule has 0 radical (unpaired) electrons. The van der Waals surface area contributed by atoms with E-state index in [2.05, 4.69) is 15.3 Å². The molecule has 2 atom stereocenters. The second-order valence-electron chi connectivity index (χ2n) is 5.79. The number of hydrogen-bond donors (Lipinski definition) is 1. The maximum Gasteiger partial charge on any atom is 0.251 e. The summed E-state index contributed by atoms with van der Waals surface area (Å²) in [6.45, 7) is 0. The van der Waals surface area contributed by atoms with Crippen LogP contribution in [0, 0.1) is 0 Å². The van der Waals surface area contributed by atoms with Gasteiger partial charge in [0, 0.05) is 22.6 Å². The van der Waals surface area contributed by atoms with Gasteiger partial charge in [-0.25, -0.2) is 0 Å². The quantitative estimate of drug-likeness (QED) is 0.510. The van der Waals surface area contributed by atoms with Gasteiger partial charge in [-0.1, -0.05) is 47.6 Å². The highest BCUT2D eigenvalue weighted by Gasteiger charge is 2.25. The Morgan fingerprint density at radius 3 is 2.43 bits per heavy atom. The van der Waals surface area contributed by atoms with Crippen molar-refractivity contribution >= 4 is 5.91 Å². The van der Waals surface area contributed by atoms with Gasteiger partial charge in [0.25, 0.3) is 5.91 Å². The Hall–Kier alpha value is -2.78. The normalized spacial score (nSPS) is 19.8. The van der Waals surface area contributed by atoms with Crippen LogP contribution in [0.15, 0.2) is 59.7 Å². The molecular formula is C18H18N4O. The minimum Gasteiger partial charge on any atom is -0.349 e. The highest BCUT2D eigenvalue weighted by molar-refractivity contribution is 5.94. The molecule has 0 aromatic heterocycles. The fourth-order valence-corrected chi connectivity index (χ4v) is 2.98. The third-order valence-electron chi connectivity index (χ3n) is 4.21. The minimum atomic E-state index is -0.0730. The Balaban J connectivity index is 1.63. The lowest BCUT2D eigenvalue weighted by atomic mass is 10.0. The number of azide groups is 1. The van der Waals surface area contributed by atoms with Crippen LogP contribution in [-0.2, 0) is 0 Å². The summed E-state index contributed by atoms with van der Waals surface area (Å²) < 4.78 is 0. The lowest BCUT2D eigenvalue weighted by Gasteiger charge is -2.12. The third-order valence-corrected chi connectivity index (χ3v) is 4.21. The number of hydrogen-bond acceptors (Lipinski definition) is 2. The van der Waals surface area contributed by atoms with E-state index in [1.165, 1.54) is 0 Å². The first-order chi connectivity index (χ1) is 11.3. The Bertz CT molecular complexity index is 720. The number of nitrogens with zero attached hydrogens (tertiary/aromatic N) is 3. The smallest absolute Gasteiger partial charge is 0.251 e. The minimum absolute atomic E-state index is 0.00533. The number of nitrogens with one attached hydrogen (secondary N) is 1. The molecule has 3 rings (SSSR count). The van der Waals surface area contributed by atoms with Crippen LogP contribution in [-0.4, -0.2) is 18.0 Å². The van der Waals surface area contributed by atoms with Crippen LogP contribution < -0.4 is 5.32 Å². The van der Waals surface area contributed by atoms with Gasteiger partial charge in [-0.2, -0.15) is 0 Å². The van der Waals surface area contributed by atoms with Crippen molar-refractivity contribution in [2.75, 3.05) is 0 Å². The lowest BCUT2D eigenvalue weighted by Crippen LogP contribution is -2.33. The fourth-order valence-electron chi connectivity index (χ4n) is 2.98. The van der Waals surface area contributed by atoms with Gasteiger partial charge in [0.2, 0.25) is 0 Å². The first-order valence-electron chi connectivity index (χ1n) is 7.77. The summed E-state index contributed by atoms with van der Waals surface area (Å²) in [4.78, 5) is 15.1. The van der Waals surface area contributed by atoms with Gasteiger partial charge in [-0.15, -0.1) is 0 Å². The van der Waals surface area contributed by atoms with Gasteiger partial charge in [0.1, 0.15) is 0 Å². The van der Waals surface area contributed by atoms with E-state index in [-0.39, 0.29) is 18.0 Å². The monoisotopic (exact) mass is 306 g/mol. The predicted molar refractivity (Wildman–Crippen MR) is 89.9 cm³/mol. The summed E-state index contributed by atoms with van der Waals surface area (Å²) in [5.74, 6) is -0.0730. The molecule has 2 aromatic carbocycles. The Labute approximate surface area is 135 Å². The van der Waals surface area contributed by atoms with E-state index >= 15 is 0 Å². The van der Waals surface area contributed by atoms with E-state index in [9.17, 15) is 4.79 Å². The van der Waals surface area contributed by atoms with Crippen LogP contribution in [0.3, 0.4) is 0 Å². The summed E-state index contributed by atoms with van der Waals surface area (Å²) in [6.07, 6.45) is 2.41. The molecule has 1 saturated carbocycles. The fraction of sp³-hybridized carbons (Fsp3) is 0.278. The largest absolute Gasteiger partial charge is 0.349 e. The van der Waals surface area contributed by atoms with Gasteiger partial charge in [-0.3, -0.25) is 4.79 Å². The second kappa shape index (κ2) is 6.99. The van der Waals surface area contributed by atoms with E-state index < -0.39 is 0 Å². The average molecular weight is 306 g/mol. The molecule has 2 aromatic rings. The molecule has 1 fully saturated rings. The van der Waals surface area contributed by atoms with Crippen LogP contribution in [0.4, 0.5) is 0 Å². The zero-order valence-corrected chi connectivity index (χ0v) is 12.7. The molecule has 0 aliphatic heterocycles. The molecule has 1 N–H and O–H groups in total. The number of amides is 1. The van der Waals surface area contributed by atoms with Crippen LogP contribution >= 0.6 is 0 Å². The van der Waals surface area contributed by atoms with E-state index in [1.54, 1.807) is 0 Å². The van der Waals surface area contributed by atoms with Crippen molar-refractivity contribution in [3.8, 4) is 11.1 Å². The highest BCUT2D eigenvalue weighted by atomic mass is 16.1. The number of carbonyl (C=O) groups is 1. The van der Waals surface area contributed by atoms with Crippen molar-refractivity contribution in [3.05, 3.63) is 70.6 Å². The van der Waals surface area contributed by atoms with Crippen molar-refractivity contribution in [3.63, 3.8) is 0 Å². The maximum atomic E-state index is 12.3. The molecule has 0 bridgehead atoms. The standard InChI is InChI=1S/C18H18N4O/c19-22-21-17-11-10-16(12-17)20-18(23)15-8-6-14(7-9-15)13-4-2-1-3-5-13/h1-9,16-17H,10-12H2,(H,20,23)/t16-,17?/m1/s1. The molecule has 5 heteroatoms. The third kappa shape index (κ3) is 3.71. The zero-order valence-electron chi connectivity index (χ0n) is 12.7. The summed E-state index contributed by atoms with van der Waals surface area (Å²) >= 11 is 0. The summed E-state index contributed by atoms with van der Waals surface area (Å²) in [5, 5.41) is 6.75. The van der Waals surface area contributed by atoms with Crippen molar-refractivity contribution < 1.29 is 4.79 Å². The highest BCUT2D eigenvalue weighted by Crippen LogP contribution is 2.23. The van der Waals surface area contributed by atoms with Crippen LogP contribution in [0.1, 0.15) is 29.6 Å². The first-order valence-corrected chi connectivity index (χ1v) is 7.77. The van der Waals surface area contributed by atoms with Gasteiger partial charge in [0.05, 0.1) is 0 Å². The Morgan fingerprint density at radius 2 is 1.74 bits per heavy atom. The van der Waals surface area contributed by atoms with E-state index in [0.717, 1.165) is 30.4 Å². The molecule has 1 amide bonds. The van der Waals surface area contributed by atoms with E-state index in [4.69, 9.17) is 5.53 Å². The molecule has 0 heterocycles. The maximum absolute atomic E-state index is 12.3. The molecule has 23 heavy (non-hydrogen) atoms. The zero-order chi connectivity index (χ0) is 16.1. The second-order valence-corrected chi connectivity index (χ2v) is 5.79. The molecule has 0 spiro atoms. The van der Waals surface area contributed by atoms with Gasteiger partial charge in [0.15, 0.2) is 0 Å². The molecule has 1 aliphatic rings. The average Bonchev–Trinajstić information content (AvgIpc) is 3.03. The number of carbonyl (C=O) groups excluding carboxylic acids is 1. The SMILES string of the molecule is [N-]=[N+]=NC1CC[C@@H](NC(=O)c2ccc(-c3ccccc3)cc2)C1. The van der Waals surface area contributed by atoms with Crippen LogP contribution in [0.2, 0.25) is 0 Å². The Morgan fingerprint density at radius 1 is 1.04 bits per heavy atom. The van der Waals surface area contributed by atoms with Crippen molar-refractivity contribution in [1.29, 1.82) is 0 Å². The molecule has 0 saturated heterocycles. The van der Waals surface area contributed by atoms with Crippen molar-refractivity contribution in [1.82, 2.24) is 5.32 Å². The van der Waals surface area contributed by atoms with E-state index in [1.807, 2.05) is 54.6 Å². The van der Waals surface area contributed by atoms with Gasteiger partial charge < -0.3 is 5.32 Å². The van der Waals surface area contributed by atoms with Crippen LogP contribution in [0.25, 0.3) is 21.6 Å². The number of benzene rings is 2. The van der Waals surface area contributed by atoms with Crippen molar-refractivity contribution in [2.45, 2.75) is 31.3 Å². The number of rotatable bonds is 4. The van der Waals surface area contributed by atoms with Gasteiger partial charge in [-0.05, 0) is 48.1 Å². The van der Waals surface area contributed by atoms with E-state index in [0.29, 0.717) is 5.56 Å². The topological polar surface area (TPSA) is 77.9 Å². The summed E-state index contributed by atoms with van der Waals surface area (Å²) in [7, 11) is 0. The lowest BCUT2D eigenvalue weighted by molar-refractivity contribution is 0.0937. The molecule has 5 nitrogen and oxygen atoms in total. The Kier molecular flexibility index (Phi) is 4.60. The van der Waals surface area contributed by atoms with Crippen molar-refractivity contribution in [2.24, 2.45) is 5.11 Å².